The molecule has 0 fully saturated rings. The number of pyridine rings is 1. The van der Waals surface area contributed by atoms with Gasteiger partial charge in [0.1, 0.15) is 11.4 Å². The molecule has 1 heterocycles. The molecule has 0 amide bonds. The van der Waals surface area contributed by atoms with Crippen LogP contribution in [0.4, 0.5) is 0 Å². The largest absolute Gasteiger partial charge is 0.228 e. The van der Waals surface area contributed by atoms with E-state index in [-0.39, 0.29) is 0 Å². The molecule has 0 N–H and O–H groups in total. The molecule has 0 aliphatic heterocycles. The zero-order valence-corrected chi connectivity index (χ0v) is 7.33. The number of rotatable bonds is 0. The third-order valence-electron chi connectivity index (χ3n) is 1.61. The fraction of sp³-hybridized carbons (Fsp3) is 0. The minimum Gasteiger partial charge on any atom is -0.228 e. The van der Waals surface area contributed by atoms with Crippen LogP contribution in [0.25, 0.3) is 0 Å². The lowest BCUT2D eigenvalue weighted by atomic mass is 10.1. The van der Waals surface area contributed by atoms with Crippen molar-refractivity contribution in [1.82, 2.24) is 4.98 Å². The Kier molecular flexibility index (Phi) is 2.62. The fourth-order valence-electron chi connectivity index (χ4n) is 0.953. The Balaban J connectivity index is 3.60. The highest BCUT2D eigenvalue weighted by atomic mass is 14.7. The fourth-order valence-corrected chi connectivity index (χ4v) is 0.953. The van der Waals surface area contributed by atoms with Gasteiger partial charge in [0, 0.05) is 0 Å². The van der Waals surface area contributed by atoms with Crippen LogP contribution in [0.3, 0.4) is 0 Å². The minimum absolute atomic E-state index is 0.347. The molecule has 0 radical (unpaired) electrons. The monoisotopic (exact) mass is 175 g/mol. The van der Waals surface area contributed by atoms with Gasteiger partial charge in [0.25, 0.3) is 0 Å². The van der Waals surface area contributed by atoms with Crippen molar-refractivity contribution in [3.8, 4) is 49.4 Å². The molecular weight excluding hydrogens is 170 g/mol. The van der Waals surface area contributed by atoms with Crippen molar-refractivity contribution < 1.29 is 0 Å². The van der Waals surface area contributed by atoms with E-state index in [9.17, 15) is 0 Å². The molecule has 62 valence electrons. The van der Waals surface area contributed by atoms with Crippen molar-refractivity contribution in [2.45, 2.75) is 0 Å². The molecule has 0 spiro atoms. The quantitative estimate of drug-likeness (QED) is 0.536. The Morgan fingerprint density at radius 3 is 1.50 bits per heavy atom. The predicted octanol–water partition coefficient (Wildman–Crippen LogP) is 1.01. The van der Waals surface area contributed by atoms with Crippen LogP contribution in [0.15, 0.2) is 6.07 Å². The lowest BCUT2D eigenvalue weighted by Crippen LogP contribution is -1.96. The molecule has 0 aliphatic rings. The second kappa shape index (κ2) is 3.87. The molecule has 1 aromatic heterocycles. The van der Waals surface area contributed by atoms with Gasteiger partial charge in [-0.2, -0.15) is 0 Å². The summed E-state index contributed by atoms with van der Waals surface area (Å²) in [5.41, 5.74) is 1.66. The molecule has 14 heavy (non-hydrogen) atoms. The van der Waals surface area contributed by atoms with Crippen LogP contribution in [0.1, 0.15) is 22.5 Å². The number of hydrogen-bond donors (Lipinski definition) is 0. The molecule has 0 aromatic carbocycles. The van der Waals surface area contributed by atoms with Gasteiger partial charge in [-0.05, 0) is 17.9 Å². The maximum atomic E-state index is 5.24. The van der Waals surface area contributed by atoms with Gasteiger partial charge in [-0.25, -0.2) is 4.98 Å². The van der Waals surface area contributed by atoms with Gasteiger partial charge in [0.15, 0.2) is 0 Å². The van der Waals surface area contributed by atoms with Crippen LogP contribution >= 0.6 is 0 Å². The first-order valence-electron chi connectivity index (χ1n) is 3.68. The van der Waals surface area contributed by atoms with E-state index in [1.165, 1.54) is 0 Å². The molecule has 0 saturated heterocycles. The van der Waals surface area contributed by atoms with E-state index >= 15 is 0 Å². The number of aromatic nitrogens is 1. The number of nitrogens with zero attached hydrogens (tertiary/aromatic N) is 1. The average Bonchev–Trinajstić information content (AvgIpc) is 2.26. The van der Waals surface area contributed by atoms with E-state index in [1.54, 1.807) is 6.07 Å². The van der Waals surface area contributed by atoms with Gasteiger partial charge >= 0.3 is 0 Å². The van der Waals surface area contributed by atoms with Crippen molar-refractivity contribution in [2.75, 3.05) is 0 Å². The normalized spacial score (nSPS) is 7.71. The second-order valence-corrected chi connectivity index (χ2v) is 2.36. The van der Waals surface area contributed by atoms with Crippen LogP contribution in [0.5, 0.6) is 0 Å². The molecular formula is C13H5N. The first kappa shape index (κ1) is 9.48. The zero-order valence-electron chi connectivity index (χ0n) is 7.33. The van der Waals surface area contributed by atoms with Crippen molar-refractivity contribution in [3.63, 3.8) is 0 Å². The molecule has 0 atom stereocenters. The summed E-state index contributed by atoms with van der Waals surface area (Å²) in [7, 11) is 0. The highest BCUT2D eigenvalue weighted by Gasteiger charge is 2.05. The van der Waals surface area contributed by atoms with E-state index < -0.39 is 0 Å². The van der Waals surface area contributed by atoms with E-state index in [1.807, 2.05) is 0 Å². The van der Waals surface area contributed by atoms with Crippen LogP contribution < -0.4 is 0 Å². The molecule has 0 aliphatic carbocycles. The van der Waals surface area contributed by atoms with Crippen molar-refractivity contribution in [3.05, 3.63) is 28.6 Å². The first-order chi connectivity index (χ1) is 6.76. The molecule has 1 nitrogen and oxygen atoms in total. The lowest BCUT2D eigenvalue weighted by Gasteiger charge is -2.00. The maximum Gasteiger partial charge on any atom is 0.130 e. The van der Waals surface area contributed by atoms with Crippen molar-refractivity contribution >= 4 is 0 Å². The summed E-state index contributed by atoms with van der Waals surface area (Å²) in [5.74, 6) is 9.52. The minimum atomic E-state index is 0.347. The smallest absolute Gasteiger partial charge is 0.130 e. The van der Waals surface area contributed by atoms with Crippen LogP contribution in [0.2, 0.25) is 0 Å². The third-order valence-corrected chi connectivity index (χ3v) is 1.61. The Hall–Kier alpha value is -2.61. The summed E-state index contributed by atoms with van der Waals surface area (Å²) < 4.78 is 0. The summed E-state index contributed by atoms with van der Waals surface area (Å²) in [6, 6.07) is 1.59. The summed E-state index contributed by atoms with van der Waals surface area (Å²) in [6.45, 7) is 0. The van der Waals surface area contributed by atoms with Gasteiger partial charge < -0.3 is 0 Å². The van der Waals surface area contributed by atoms with Gasteiger partial charge in [-0.15, -0.1) is 25.7 Å². The Morgan fingerprint density at radius 1 is 0.786 bits per heavy atom. The SMILES string of the molecule is C#Cc1cc(C#C)c(C#C)nc1C#C. The summed E-state index contributed by atoms with van der Waals surface area (Å²) >= 11 is 0. The molecule has 1 heteroatoms. The molecule has 0 bridgehead atoms. The average molecular weight is 175 g/mol. The van der Waals surface area contributed by atoms with Gasteiger partial charge in [-0.1, -0.05) is 11.8 Å². The Bertz CT molecular complexity index is 439. The molecule has 0 unspecified atom stereocenters. The van der Waals surface area contributed by atoms with Gasteiger partial charge in [0.05, 0.1) is 11.1 Å². The Morgan fingerprint density at radius 2 is 1.21 bits per heavy atom. The number of terminal acetylenes is 4. The van der Waals surface area contributed by atoms with Gasteiger partial charge in [0.2, 0.25) is 0 Å². The predicted molar refractivity (Wildman–Crippen MR) is 56.0 cm³/mol. The lowest BCUT2D eigenvalue weighted by molar-refractivity contribution is 1.23. The van der Waals surface area contributed by atoms with E-state index in [0.717, 1.165) is 0 Å². The number of hydrogen-bond acceptors (Lipinski definition) is 1. The first-order valence-corrected chi connectivity index (χ1v) is 3.68. The van der Waals surface area contributed by atoms with E-state index in [0.29, 0.717) is 22.5 Å². The zero-order chi connectivity index (χ0) is 10.6. The molecule has 1 aromatic rings. The standard InChI is InChI=1S/C13H5N/c1-5-10-9-11(6-2)13(8-4)14-12(10)7-3/h1-4,9H. The highest BCUT2D eigenvalue weighted by Crippen LogP contribution is 2.10. The van der Waals surface area contributed by atoms with Crippen LogP contribution in [-0.4, -0.2) is 4.98 Å². The van der Waals surface area contributed by atoms with Gasteiger partial charge in [-0.3, -0.25) is 0 Å². The summed E-state index contributed by atoms with van der Waals surface area (Å²) in [6.07, 6.45) is 20.9. The summed E-state index contributed by atoms with van der Waals surface area (Å²) in [4.78, 5) is 3.99. The van der Waals surface area contributed by atoms with Crippen LogP contribution in [0, 0.1) is 49.4 Å². The van der Waals surface area contributed by atoms with E-state index in [2.05, 4.69) is 28.7 Å². The molecule has 1 rings (SSSR count). The van der Waals surface area contributed by atoms with E-state index in [4.69, 9.17) is 25.7 Å². The Labute approximate surface area is 83.6 Å². The summed E-state index contributed by atoms with van der Waals surface area (Å²) in [5, 5.41) is 0. The third kappa shape index (κ3) is 1.44. The molecule has 0 saturated carbocycles. The topological polar surface area (TPSA) is 12.9 Å². The maximum absolute atomic E-state index is 5.24. The van der Waals surface area contributed by atoms with Crippen LogP contribution in [-0.2, 0) is 0 Å². The van der Waals surface area contributed by atoms with Crippen molar-refractivity contribution in [2.24, 2.45) is 0 Å². The second-order valence-electron chi connectivity index (χ2n) is 2.36. The highest BCUT2D eigenvalue weighted by molar-refractivity contribution is 5.54. The van der Waals surface area contributed by atoms with Crippen molar-refractivity contribution in [1.29, 1.82) is 0 Å².